The number of rotatable bonds is 5. The molecule has 0 spiro atoms. The second kappa shape index (κ2) is 14.7. The molecule has 0 N–H and O–H groups in total. The number of aromatic nitrogens is 2. The molecular formula is C57H44N2. The van der Waals surface area contributed by atoms with Crippen LogP contribution in [0.5, 0.6) is 0 Å². The molecule has 0 saturated heterocycles. The highest BCUT2D eigenvalue weighted by atomic mass is 15.0. The van der Waals surface area contributed by atoms with E-state index in [1.54, 1.807) is 0 Å². The minimum Gasteiger partial charge on any atom is -0.309 e. The van der Waals surface area contributed by atoms with Crippen molar-refractivity contribution in [2.45, 2.75) is 19.8 Å². The van der Waals surface area contributed by atoms with Crippen LogP contribution in [-0.2, 0) is 0 Å². The summed E-state index contributed by atoms with van der Waals surface area (Å²) in [7, 11) is 0. The zero-order valence-corrected chi connectivity index (χ0v) is 33.2. The number of benzene rings is 7. The average molecular weight is 757 g/mol. The summed E-state index contributed by atoms with van der Waals surface area (Å²) in [4.78, 5) is 0. The number of nitrogens with zero attached hydrogens (tertiary/aromatic N) is 2. The summed E-state index contributed by atoms with van der Waals surface area (Å²) in [5.41, 5.74) is 16.6. The normalized spacial score (nSPS) is 17.1. The standard InChI is InChI=1S/C32H25N.C25H19N/c1-2-8-23(9-3-1)27-18-16-22(24-14-15-25-21-26(25)20-24)17-19-32(27)33-30-12-6-4-10-28(30)29-11-5-7-13-31(29)33;1-18-17-20(19-9-3-2-4-10-19)15-16-23(18)26-24-13-7-5-11-21(24)22-12-6-8-14-25(22)26/h1-15,17-20,25-26H,16,21H2;2-17H,1H3. The van der Waals surface area contributed by atoms with Crippen molar-refractivity contribution in [1.29, 1.82) is 0 Å². The molecule has 1 fully saturated rings. The summed E-state index contributed by atoms with van der Waals surface area (Å²) < 4.78 is 4.83. The van der Waals surface area contributed by atoms with Crippen molar-refractivity contribution in [2.24, 2.45) is 11.8 Å². The van der Waals surface area contributed by atoms with Crippen molar-refractivity contribution in [1.82, 2.24) is 9.13 Å². The molecule has 2 heteroatoms. The van der Waals surface area contributed by atoms with Crippen molar-refractivity contribution < 1.29 is 0 Å². The zero-order valence-electron chi connectivity index (χ0n) is 33.2. The van der Waals surface area contributed by atoms with Crippen LogP contribution in [0.25, 0.3) is 71.7 Å². The zero-order chi connectivity index (χ0) is 39.3. The van der Waals surface area contributed by atoms with Gasteiger partial charge in [-0.25, -0.2) is 0 Å². The molecule has 2 heterocycles. The first-order valence-electron chi connectivity index (χ1n) is 20.9. The monoisotopic (exact) mass is 756 g/mol. The molecule has 1 saturated carbocycles. The van der Waals surface area contributed by atoms with Crippen LogP contribution in [0.1, 0.15) is 24.0 Å². The first-order chi connectivity index (χ1) is 29.2. The molecule has 3 aliphatic rings. The smallest absolute Gasteiger partial charge is 0.0541 e. The lowest BCUT2D eigenvalue weighted by Crippen LogP contribution is -2.00. The van der Waals surface area contributed by atoms with Gasteiger partial charge in [0, 0.05) is 32.8 Å². The molecule has 3 aliphatic carbocycles. The largest absolute Gasteiger partial charge is 0.309 e. The van der Waals surface area contributed by atoms with E-state index >= 15 is 0 Å². The highest BCUT2D eigenvalue weighted by Gasteiger charge is 2.35. The van der Waals surface area contributed by atoms with Gasteiger partial charge in [-0.05, 0) is 107 Å². The Morgan fingerprint density at radius 3 is 1.56 bits per heavy atom. The Labute approximate surface area is 345 Å². The van der Waals surface area contributed by atoms with E-state index in [-0.39, 0.29) is 0 Å². The molecule has 2 unspecified atom stereocenters. The second-order valence-electron chi connectivity index (χ2n) is 16.1. The van der Waals surface area contributed by atoms with E-state index in [1.165, 1.54) is 100 Å². The topological polar surface area (TPSA) is 9.86 Å². The van der Waals surface area contributed by atoms with E-state index in [9.17, 15) is 0 Å². The van der Waals surface area contributed by atoms with E-state index in [4.69, 9.17) is 0 Å². The molecular weight excluding hydrogens is 713 g/mol. The summed E-state index contributed by atoms with van der Waals surface area (Å²) >= 11 is 0. The highest BCUT2D eigenvalue weighted by Crippen LogP contribution is 2.46. The van der Waals surface area contributed by atoms with Gasteiger partial charge < -0.3 is 9.13 Å². The first-order valence-corrected chi connectivity index (χ1v) is 20.9. The maximum Gasteiger partial charge on any atom is 0.0541 e. The van der Waals surface area contributed by atoms with Gasteiger partial charge in [0.15, 0.2) is 0 Å². The fraction of sp³-hybridized carbons (Fsp3) is 0.0877. The van der Waals surface area contributed by atoms with Crippen LogP contribution in [-0.4, -0.2) is 9.13 Å². The molecule has 12 rings (SSSR count). The first kappa shape index (κ1) is 35.0. The molecule has 0 radical (unpaired) electrons. The van der Waals surface area contributed by atoms with Crippen molar-refractivity contribution >= 4 is 54.9 Å². The summed E-state index contributed by atoms with van der Waals surface area (Å²) in [6.45, 7) is 2.20. The van der Waals surface area contributed by atoms with Crippen LogP contribution < -0.4 is 0 Å². The second-order valence-corrected chi connectivity index (χ2v) is 16.1. The maximum absolute atomic E-state index is 2.49. The van der Waals surface area contributed by atoms with E-state index in [0.717, 1.165) is 18.3 Å². The van der Waals surface area contributed by atoms with E-state index < -0.39 is 0 Å². The molecule has 0 amide bonds. The third kappa shape index (κ3) is 6.29. The summed E-state index contributed by atoms with van der Waals surface area (Å²) in [6, 6.07) is 63.0. The fourth-order valence-corrected chi connectivity index (χ4v) is 9.40. The Bertz CT molecular complexity index is 3110. The van der Waals surface area contributed by atoms with Gasteiger partial charge >= 0.3 is 0 Å². The maximum atomic E-state index is 2.49. The van der Waals surface area contributed by atoms with E-state index in [2.05, 4.69) is 228 Å². The Balaban J connectivity index is 0.000000139. The molecule has 9 aromatic rings. The highest BCUT2D eigenvalue weighted by molar-refractivity contribution is 6.14. The van der Waals surface area contributed by atoms with Gasteiger partial charge in [0.1, 0.15) is 0 Å². The lowest BCUT2D eigenvalue weighted by molar-refractivity contribution is 0.962. The number of hydrogen-bond donors (Lipinski definition) is 0. The third-order valence-corrected chi connectivity index (χ3v) is 12.5. The molecule has 282 valence electrons. The van der Waals surface area contributed by atoms with Crippen LogP contribution in [0.15, 0.2) is 224 Å². The SMILES string of the molecule is C1=CC2CC2C=C1C1=CC=C(n2c3ccccc3c3ccccc32)C(c2ccccc2)=CC1.Cc1cc(-c2ccccc2)ccc1-n1c2ccccc2c2ccccc21. The third-order valence-electron chi connectivity index (χ3n) is 12.5. The lowest BCUT2D eigenvalue weighted by atomic mass is 9.96. The van der Waals surface area contributed by atoms with Crippen LogP contribution >= 0.6 is 0 Å². The lowest BCUT2D eigenvalue weighted by Gasteiger charge is -2.16. The fourth-order valence-electron chi connectivity index (χ4n) is 9.40. The summed E-state index contributed by atoms with van der Waals surface area (Å²) in [5, 5.41) is 5.20. The van der Waals surface area contributed by atoms with Crippen LogP contribution in [0.4, 0.5) is 0 Å². The van der Waals surface area contributed by atoms with Gasteiger partial charge in [0.05, 0.1) is 27.8 Å². The number of para-hydroxylation sites is 4. The minimum absolute atomic E-state index is 0.757. The average Bonchev–Trinajstić information content (AvgIpc) is 3.97. The molecule has 59 heavy (non-hydrogen) atoms. The van der Waals surface area contributed by atoms with Crippen LogP contribution in [0.3, 0.4) is 0 Å². The summed E-state index contributed by atoms with van der Waals surface area (Å²) in [5.74, 6) is 1.55. The molecule has 7 aromatic carbocycles. The Morgan fingerprint density at radius 2 is 1.00 bits per heavy atom. The van der Waals surface area contributed by atoms with Crippen LogP contribution in [0, 0.1) is 18.8 Å². The predicted octanol–water partition coefficient (Wildman–Crippen LogP) is 14.9. The van der Waals surface area contributed by atoms with Crippen molar-refractivity contribution in [3.63, 3.8) is 0 Å². The van der Waals surface area contributed by atoms with Gasteiger partial charge in [0.2, 0.25) is 0 Å². The van der Waals surface area contributed by atoms with Gasteiger partial charge in [-0.1, -0.05) is 170 Å². The molecule has 2 nitrogen and oxygen atoms in total. The van der Waals surface area contributed by atoms with Gasteiger partial charge in [0.25, 0.3) is 0 Å². The van der Waals surface area contributed by atoms with Crippen LogP contribution in [0.2, 0.25) is 0 Å². The molecule has 2 aromatic heterocycles. The number of hydrogen-bond acceptors (Lipinski definition) is 0. The Hall–Kier alpha value is -7.16. The molecule has 0 aliphatic heterocycles. The molecule has 2 atom stereocenters. The Kier molecular flexibility index (Phi) is 8.70. The van der Waals surface area contributed by atoms with Gasteiger partial charge in [-0.15, -0.1) is 0 Å². The van der Waals surface area contributed by atoms with Gasteiger partial charge in [-0.2, -0.15) is 0 Å². The Morgan fingerprint density at radius 1 is 0.475 bits per heavy atom. The number of allylic oxidation sites excluding steroid dienone is 10. The summed E-state index contributed by atoms with van der Waals surface area (Å²) in [6.07, 6.45) is 16.6. The van der Waals surface area contributed by atoms with Crippen molar-refractivity contribution in [2.75, 3.05) is 0 Å². The minimum atomic E-state index is 0.757. The van der Waals surface area contributed by atoms with E-state index in [0.29, 0.717) is 0 Å². The quantitative estimate of drug-likeness (QED) is 0.165. The van der Waals surface area contributed by atoms with Crippen molar-refractivity contribution in [3.8, 4) is 16.8 Å². The number of fused-ring (bicyclic) bond motifs is 7. The number of aryl methyl sites for hydroxylation is 1. The predicted molar refractivity (Wildman–Crippen MR) is 251 cm³/mol. The van der Waals surface area contributed by atoms with Gasteiger partial charge in [-0.3, -0.25) is 0 Å². The van der Waals surface area contributed by atoms with Crippen molar-refractivity contribution in [3.05, 3.63) is 235 Å². The van der Waals surface area contributed by atoms with E-state index in [1.807, 2.05) is 0 Å². The molecule has 0 bridgehead atoms.